The van der Waals surface area contributed by atoms with E-state index in [1.165, 1.54) is 50.5 Å². The molecule has 25 heavy (non-hydrogen) atoms. The predicted molar refractivity (Wildman–Crippen MR) is 107 cm³/mol. The maximum absolute atomic E-state index is 9.65. The van der Waals surface area contributed by atoms with Gasteiger partial charge in [0.25, 0.3) is 0 Å². The van der Waals surface area contributed by atoms with Crippen molar-refractivity contribution in [3.63, 3.8) is 0 Å². The Labute approximate surface area is 154 Å². The maximum atomic E-state index is 9.65. The number of aryl methyl sites for hydroxylation is 2. The Morgan fingerprint density at radius 1 is 1.08 bits per heavy atom. The Morgan fingerprint density at radius 3 is 2.32 bits per heavy atom. The zero-order chi connectivity index (χ0) is 18.5. The van der Waals surface area contributed by atoms with Gasteiger partial charge in [-0.25, -0.2) is 0 Å². The normalized spacial score (nSPS) is 20.2. The Kier molecular flexibility index (Phi) is 11.6. The number of nitrogens with one attached hydrogen (secondary N) is 1. The van der Waals surface area contributed by atoms with E-state index in [9.17, 15) is 5.11 Å². The number of hydrogen-bond acceptors (Lipinski definition) is 3. The second kappa shape index (κ2) is 13.2. The third-order valence-corrected chi connectivity index (χ3v) is 5.11. The van der Waals surface area contributed by atoms with Crippen molar-refractivity contribution in [2.75, 3.05) is 13.1 Å². The van der Waals surface area contributed by atoms with Gasteiger partial charge in [0, 0.05) is 6.54 Å². The van der Waals surface area contributed by atoms with Crippen LogP contribution in [0.5, 0.6) is 5.75 Å². The van der Waals surface area contributed by atoms with E-state index < -0.39 is 0 Å². The topological polar surface area (TPSA) is 52.5 Å². The molecule has 0 spiro atoms. The summed E-state index contributed by atoms with van der Waals surface area (Å²) in [5, 5.41) is 21.3. The van der Waals surface area contributed by atoms with Crippen LogP contribution in [0, 0.1) is 12.8 Å². The fourth-order valence-corrected chi connectivity index (χ4v) is 3.52. The molecule has 1 aliphatic heterocycles. The molecule has 1 heterocycles. The van der Waals surface area contributed by atoms with Crippen molar-refractivity contribution in [2.24, 2.45) is 5.92 Å². The summed E-state index contributed by atoms with van der Waals surface area (Å²) in [6, 6.07) is 6.09. The zero-order valence-corrected chi connectivity index (χ0v) is 16.6. The number of phenolic OH excluding ortho intramolecular Hbond substituents is 1. The third kappa shape index (κ3) is 9.27. The molecule has 1 saturated carbocycles. The highest BCUT2D eigenvalue weighted by Crippen LogP contribution is 2.28. The van der Waals surface area contributed by atoms with Crippen LogP contribution in [0.1, 0.15) is 76.3 Å². The summed E-state index contributed by atoms with van der Waals surface area (Å²) in [7, 11) is 0. The zero-order valence-electron chi connectivity index (χ0n) is 16.6. The highest BCUT2D eigenvalue weighted by Gasteiger charge is 2.12. The van der Waals surface area contributed by atoms with Crippen LogP contribution in [0.2, 0.25) is 0 Å². The van der Waals surface area contributed by atoms with E-state index in [0.717, 1.165) is 37.4 Å². The number of aromatic hydroxyl groups is 1. The van der Waals surface area contributed by atoms with Crippen LogP contribution in [-0.2, 0) is 6.42 Å². The van der Waals surface area contributed by atoms with Gasteiger partial charge in [-0.3, -0.25) is 0 Å². The molecule has 0 aromatic heterocycles. The first-order valence-corrected chi connectivity index (χ1v) is 10.3. The van der Waals surface area contributed by atoms with E-state index in [1.807, 2.05) is 32.9 Å². The first kappa shape index (κ1) is 22.0. The van der Waals surface area contributed by atoms with E-state index in [2.05, 4.69) is 11.4 Å². The van der Waals surface area contributed by atoms with Crippen molar-refractivity contribution in [2.45, 2.75) is 84.7 Å². The number of aliphatic hydroxyl groups is 1. The molecule has 3 N–H and O–H groups in total. The molecule has 0 bridgehead atoms. The lowest BCUT2D eigenvalue weighted by molar-refractivity contribution is 0.196. The number of β-amino-alcohol motifs (C(OH)–C–C–N with tert-alkyl or cyclic N) is 1. The summed E-state index contributed by atoms with van der Waals surface area (Å²) in [5.41, 5.74) is 2.25. The number of phenols is 1. The minimum atomic E-state index is -0.0648. The van der Waals surface area contributed by atoms with E-state index in [-0.39, 0.29) is 6.10 Å². The molecular weight excluding hydrogens is 310 g/mol. The summed E-state index contributed by atoms with van der Waals surface area (Å²) in [4.78, 5) is 0. The van der Waals surface area contributed by atoms with Gasteiger partial charge >= 0.3 is 0 Å². The summed E-state index contributed by atoms with van der Waals surface area (Å²) >= 11 is 0. The fourth-order valence-electron chi connectivity index (χ4n) is 3.52. The molecule has 144 valence electrons. The first-order chi connectivity index (χ1) is 12.1. The molecule has 0 radical (unpaired) electrons. The molecule has 1 aromatic rings. The second-order valence-electron chi connectivity index (χ2n) is 7.16. The van der Waals surface area contributed by atoms with Crippen molar-refractivity contribution < 1.29 is 10.2 Å². The smallest absolute Gasteiger partial charge is 0.118 e. The molecule has 3 rings (SSSR count). The minimum Gasteiger partial charge on any atom is -0.508 e. The molecule has 1 saturated heterocycles. The lowest BCUT2D eigenvalue weighted by Gasteiger charge is -2.21. The van der Waals surface area contributed by atoms with Crippen molar-refractivity contribution in [3.05, 3.63) is 29.3 Å². The second-order valence-corrected chi connectivity index (χ2v) is 7.16. The number of benzene rings is 1. The van der Waals surface area contributed by atoms with Crippen molar-refractivity contribution >= 4 is 0 Å². The van der Waals surface area contributed by atoms with Crippen LogP contribution in [-0.4, -0.2) is 29.4 Å². The summed E-state index contributed by atoms with van der Waals surface area (Å²) in [6.07, 6.45) is 11.8. The van der Waals surface area contributed by atoms with Crippen LogP contribution in [0.25, 0.3) is 0 Å². The molecule has 0 unspecified atom stereocenters. The number of aliphatic hydroxyl groups excluding tert-OH is 1. The quantitative estimate of drug-likeness (QED) is 0.719. The summed E-state index contributed by atoms with van der Waals surface area (Å²) in [5.74, 6) is 1.42. The lowest BCUT2D eigenvalue weighted by Crippen LogP contribution is -2.11. The van der Waals surface area contributed by atoms with Gasteiger partial charge in [0.1, 0.15) is 5.75 Å². The van der Waals surface area contributed by atoms with Crippen LogP contribution in [0.3, 0.4) is 0 Å². The van der Waals surface area contributed by atoms with Gasteiger partial charge in [-0.1, -0.05) is 64.5 Å². The Balaban J connectivity index is 0.000000326. The number of hydrogen-bond donors (Lipinski definition) is 3. The van der Waals surface area contributed by atoms with E-state index in [4.69, 9.17) is 5.11 Å². The molecule has 3 nitrogen and oxygen atoms in total. The molecule has 1 atom stereocenters. The minimum absolute atomic E-state index is 0.0648. The van der Waals surface area contributed by atoms with Gasteiger partial charge in [0.05, 0.1) is 6.10 Å². The molecule has 3 heteroatoms. The standard InChI is InChI=1S/C16H24O.C4H9NO.C2H6/c1-13-10-11-15(12-16(13)17)9-5-8-14-6-3-2-4-7-14;6-4-1-2-5-3-4;1-2/h10-12,14,17H,2-9H2,1H3;4-6H,1-3H2;1-2H3/t;4-;/m.1./s1. The Bertz CT molecular complexity index is 449. The van der Waals surface area contributed by atoms with Crippen molar-refractivity contribution in [1.29, 1.82) is 0 Å². The first-order valence-electron chi connectivity index (χ1n) is 10.3. The van der Waals surface area contributed by atoms with Gasteiger partial charge in [-0.2, -0.15) is 0 Å². The Morgan fingerprint density at radius 2 is 1.80 bits per heavy atom. The van der Waals surface area contributed by atoms with Crippen LogP contribution in [0.15, 0.2) is 18.2 Å². The molecule has 1 aromatic carbocycles. The highest BCUT2D eigenvalue weighted by atomic mass is 16.3. The average Bonchev–Trinajstić information content (AvgIpc) is 3.12. The van der Waals surface area contributed by atoms with Crippen LogP contribution in [0.4, 0.5) is 0 Å². The molecule has 0 amide bonds. The monoisotopic (exact) mass is 349 g/mol. The third-order valence-electron chi connectivity index (χ3n) is 5.11. The van der Waals surface area contributed by atoms with Crippen molar-refractivity contribution in [3.8, 4) is 5.75 Å². The number of rotatable bonds is 4. The lowest BCUT2D eigenvalue weighted by atomic mass is 9.85. The fraction of sp³-hybridized carbons (Fsp3) is 0.727. The SMILES string of the molecule is CC.Cc1ccc(CCCC2CCCCC2)cc1O.O[C@@H]1CCNC1. The van der Waals surface area contributed by atoms with Crippen molar-refractivity contribution in [1.82, 2.24) is 5.32 Å². The summed E-state index contributed by atoms with van der Waals surface area (Å²) in [6.45, 7) is 7.72. The molecular formula is C22H39NO2. The van der Waals surface area contributed by atoms with Crippen LogP contribution < -0.4 is 5.32 Å². The van der Waals surface area contributed by atoms with E-state index in [0.29, 0.717) is 5.75 Å². The molecule has 2 fully saturated rings. The molecule has 2 aliphatic rings. The maximum Gasteiger partial charge on any atom is 0.118 e. The van der Waals surface area contributed by atoms with E-state index in [1.54, 1.807) is 0 Å². The largest absolute Gasteiger partial charge is 0.508 e. The van der Waals surface area contributed by atoms with Gasteiger partial charge in [-0.05, 0) is 55.8 Å². The average molecular weight is 350 g/mol. The van der Waals surface area contributed by atoms with Gasteiger partial charge in [-0.15, -0.1) is 0 Å². The van der Waals surface area contributed by atoms with Crippen LogP contribution >= 0.6 is 0 Å². The van der Waals surface area contributed by atoms with Gasteiger partial charge in [0.2, 0.25) is 0 Å². The summed E-state index contributed by atoms with van der Waals surface area (Å²) < 4.78 is 0. The van der Waals surface area contributed by atoms with Gasteiger partial charge < -0.3 is 15.5 Å². The highest BCUT2D eigenvalue weighted by molar-refractivity contribution is 5.35. The molecule has 1 aliphatic carbocycles. The van der Waals surface area contributed by atoms with E-state index >= 15 is 0 Å². The Hall–Kier alpha value is -1.06. The van der Waals surface area contributed by atoms with Gasteiger partial charge in [0.15, 0.2) is 0 Å². The predicted octanol–water partition coefficient (Wildman–Crippen LogP) is 4.97.